The molecule has 1 aromatic carbocycles. The number of aliphatic hydroxyl groups excluding tert-OH is 1. The van der Waals surface area contributed by atoms with Crippen LogP contribution in [-0.2, 0) is 17.9 Å². The Kier molecular flexibility index (Phi) is 8.39. The van der Waals surface area contributed by atoms with Gasteiger partial charge in [-0.05, 0) is 42.3 Å². The van der Waals surface area contributed by atoms with Crippen molar-refractivity contribution in [1.82, 2.24) is 30.1 Å². The molecule has 3 aliphatic rings. The number of carbonyl (C=O) groups excluding carboxylic acids is 2. The number of benzene rings is 1. The largest absolute Gasteiger partial charge is 0.481 e. The zero-order valence-electron chi connectivity index (χ0n) is 26.3. The Morgan fingerprint density at radius 2 is 1.91 bits per heavy atom. The van der Waals surface area contributed by atoms with Crippen LogP contribution in [0.1, 0.15) is 33.6 Å². The van der Waals surface area contributed by atoms with E-state index in [0.717, 1.165) is 41.9 Å². The maximum absolute atomic E-state index is 13.1. The van der Waals surface area contributed by atoms with Gasteiger partial charge in [0.15, 0.2) is 0 Å². The number of methoxy groups -OCH3 is 1. The molecule has 4 aromatic rings. The van der Waals surface area contributed by atoms with E-state index in [4.69, 9.17) is 21.3 Å². The normalized spacial score (nSPS) is 17.7. The Balaban J connectivity index is 1.06. The van der Waals surface area contributed by atoms with Gasteiger partial charge in [-0.3, -0.25) is 29.4 Å². The van der Waals surface area contributed by atoms with Gasteiger partial charge in [0, 0.05) is 92.4 Å². The zero-order valence-corrected chi connectivity index (χ0v) is 27.0. The maximum Gasteiger partial charge on any atom is 0.274 e. The lowest BCUT2D eigenvalue weighted by atomic mass is 9.79. The Labute approximate surface area is 278 Å². The molecule has 0 unspecified atom stereocenters. The highest BCUT2D eigenvalue weighted by Gasteiger charge is 2.48. The Morgan fingerprint density at radius 3 is 2.62 bits per heavy atom. The number of nitrogens with one attached hydrogen (secondary N) is 2. The number of amides is 2. The fourth-order valence-corrected chi connectivity index (χ4v) is 7.08. The summed E-state index contributed by atoms with van der Waals surface area (Å²) >= 11 is 7.01. The van der Waals surface area contributed by atoms with E-state index < -0.39 is 0 Å². The molecule has 47 heavy (non-hydrogen) atoms. The number of pyridine rings is 3. The molecule has 3 saturated heterocycles. The molecule has 6 heterocycles. The molecule has 3 fully saturated rings. The third kappa shape index (κ3) is 6.31. The molecule has 0 radical (unpaired) electrons. The molecule has 12 heteroatoms. The van der Waals surface area contributed by atoms with E-state index in [1.54, 1.807) is 25.6 Å². The minimum atomic E-state index is -0.317. The number of aliphatic hydroxyl groups is 1. The highest BCUT2D eigenvalue weighted by Crippen LogP contribution is 2.40. The van der Waals surface area contributed by atoms with Crippen LogP contribution in [0.5, 0.6) is 5.88 Å². The second-order valence-electron chi connectivity index (χ2n) is 12.8. The number of rotatable bonds is 9. The second-order valence-corrected chi connectivity index (χ2v) is 13.2. The topological polar surface area (TPSA) is 133 Å². The minimum Gasteiger partial charge on any atom is -0.481 e. The average Bonchev–Trinajstić information content (AvgIpc) is 3.43. The summed E-state index contributed by atoms with van der Waals surface area (Å²) in [6, 6.07) is 15.0. The summed E-state index contributed by atoms with van der Waals surface area (Å²) in [4.78, 5) is 43.0. The molecule has 1 spiro atoms. The number of hydrogen-bond acceptors (Lipinski definition) is 9. The molecular formula is C35H36ClN7O4. The Bertz CT molecular complexity index is 1840. The summed E-state index contributed by atoms with van der Waals surface area (Å²) in [5.41, 5.74) is 6.49. The molecule has 242 valence electrons. The van der Waals surface area contributed by atoms with Crippen molar-refractivity contribution in [3.8, 4) is 28.4 Å². The van der Waals surface area contributed by atoms with Gasteiger partial charge in [0.25, 0.3) is 5.91 Å². The van der Waals surface area contributed by atoms with E-state index in [9.17, 15) is 14.7 Å². The monoisotopic (exact) mass is 653 g/mol. The van der Waals surface area contributed by atoms with Gasteiger partial charge in [-0.25, -0.2) is 4.98 Å². The lowest BCUT2D eigenvalue weighted by Crippen LogP contribution is -2.56. The highest BCUT2D eigenvalue weighted by atomic mass is 35.5. The third-order valence-electron chi connectivity index (χ3n) is 9.24. The Morgan fingerprint density at radius 1 is 1.09 bits per heavy atom. The van der Waals surface area contributed by atoms with Crippen LogP contribution in [0.3, 0.4) is 0 Å². The predicted octanol–water partition coefficient (Wildman–Crippen LogP) is 3.93. The van der Waals surface area contributed by atoms with Gasteiger partial charge < -0.3 is 20.5 Å². The van der Waals surface area contributed by atoms with Crippen LogP contribution in [0, 0.1) is 12.3 Å². The summed E-state index contributed by atoms with van der Waals surface area (Å²) in [5.74, 6) is 0.343. The summed E-state index contributed by atoms with van der Waals surface area (Å²) in [5, 5.41) is 15.9. The van der Waals surface area contributed by atoms with Crippen molar-refractivity contribution in [2.45, 2.75) is 32.5 Å². The first-order valence-electron chi connectivity index (χ1n) is 15.6. The molecule has 0 saturated carbocycles. The fraction of sp³-hybridized carbons (Fsp3) is 0.343. The first kappa shape index (κ1) is 31.2. The summed E-state index contributed by atoms with van der Waals surface area (Å²) < 4.78 is 5.69. The zero-order chi connectivity index (χ0) is 32.7. The van der Waals surface area contributed by atoms with Gasteiger partial charge >= 0.3 is 0 Å². The number of halogens is 1. The van der Waals surface area contributed by atoms with Crippen molar-refractivity contribution in [2.75, 3.05) is 45.2 Å². The van der Waals surface area contributed by atoms with Crippen LogP contribution in [0.15, 0.2) is 60.9 Å². The number of carbonyl (C=O) groups is 2. The minimum absolute atomic E-state index is 0.0548. The van der Waals surface area contributed by atoms with Crippen molar-refractivity contribution in [3.05, 3.63) is 88.3 Å². The van der Waals surface area contributed by atoms with E-state index in [0.29, 0.717) is 71.8 Å². The predicted molar refractivity (Wildman–Crippen MR) is 178 cm³/mol. The molecule has 0 bridgehead atoms. The standard InChI is InChI=1S/C35H36ClN7O4/c1-21-25(4-3-5-27(21)40-33(46)29-8-6-22(13-38-29)14-42-16-24(44)17-42)32-31(36)26(10-11-37-32)28-9-7-23(34(41-28)47-2)15-43-19-35(20-43)12-30(45)39-18-35/h3-11,13,24,44H,12,14-20H2,1-2H3,(H,39,45)(H,40,46). The molecule has 0 aliphatic carbocycles. The van der Waals surface area contributed by atoms with Crippen LogP contribution in [0.2, 0.25) is 5.02 Å². The summed E-state index contributed by atoms with van der Waals surface area (Å²) in [6.45, 7) is 7.06. The van der Waals surface area contributed by atoms with Crippen LogP contribution >= 0.6 is 11.6 Å². The van der Waals surface area contributed by atoms with Gasteiger partial charge in [-0.2, -0.15) is 0 Å². The van der Waals surface area contributed by atoms with Crippen LogP contribution < -0.4 is 15.4 Å². The molecule has 3 N–H and O–H groups in total. The Hall–Kier alpha value is -4.42. The fourth-order valence-electron chi connectivity index (χ4n) is 6.77. The van der Waals surface area contributed by atoms with Crippen LogP contribution in [-0.4, -0.2) is 87.6 Å². The van der Waals surface area contributed by atoms with Crippen LogP contribution in [0.4, 0.5) is 5.69 Å². The van der Waals surface area contributed by atoms with Crippen molar-refractivity contribution < 1.29 is 19.4 Å². The smallest absolute Gasteiger partial charge is 0.274 e. The van der Waals surface area contributed by atoms with Crippen molar-refractivity contribution in [1.29, 1.82) is 0 Å². The van der Waals surface area contributed by atoms with Gasteiger partial charge in [0.05, 0.1) is 29.6 Å². The van der Waals surface area contributed by atoms with Crippen molar-refractivity contribution >= 4 is 29.1 Å². The number of nitrogens with zero attached hydrogens (tertiary/aromatic N) is 5. The number of anilines is 1. The molecular weight excluding hydrogens is 618 g/mol. The number of hydrogen-bond donors (Lipinski definition) is 3. The van der Waals surface area contributed by atoms with E-state index in [1.165, 1.54) is 0 Å². The molecule has 0 atom stereocenters. The van der Waals surface area contributed by atoms with E-state index in [2.05, 4.69) is 30.4 Å². The highest BCUT2D eigenvalue weighted by molar-refractivity contribution is 6.35. The van der Waals surface area contributed by atoms with Crippen LogP contribution in [0.25, 0.3) is 22.5 Å². The van der Waals surface area contributed by atoms with E-state index in [1.807, 2.05) is 49.4 Å². The average molecular weight is 654 g/mol. The molecule has 3 aromatic heterocycles. The molecule has 3 aliphatic heterocycles. The van der Waals surface area contributed by atoms with Crippen molar-refractivity contribution in [2.24, 2.45) is 5.41 Å². The first-order chi connectivity index (χ1) is 22.7. The third-order valence-corrected chi connectivity index (χ3v) is 9.63. The summed E-state index contributed by atoms with van der Waals surface area (Å²) in [6.07, 6.45) is 3.73. The van der Waals surface area contributed by atoms with E-state index >= 15 is 0 Å². The maximum atomic E-state index is 13.1. The number of likely N-dealkylation sites (tertiary alicyclic amines) is 2. The van der Waals surface area contributed by atoms with Crippen molar-refractivity contribution in [3.63, 3.8) is 0 Å². The summed E-state index contributed by atoms with van der Waals surface area (Å²) in [7, 11) is 1.61. The SMILES string of the molecule is COc1nc(-c2ccnc(-c3cccc(NC(=O)c4ccc(CN5CC(O)C5)cn4)c3C)c2Cl)ccc1CN1CC2(CNC(=O)C2)C1. The lowest BCUT2D eigenvalue weighted by molar-refractivity contribution is -0.120. The molecule has 11 nitrogen and oxygen atoms in total. The second kappa shape index (κ2) is 12.6. The molecule has 7 rings (SSSR count). The van der Waals surface area contributed by atoms with Gasteiger partial charge in [-0.1, -0.05) is 35.9 Å². The van der Waals surface area contributed by atoms with Gasteiger partial charge in [-0.15, -0.1) is 0 Å². The quantitative estimate of drug-likeness (QED) is 0.246. The van der Waals surface area contributed by atoms with E-state index in [-0.39, 0.29) is 23.3 Å². The number of β-amino-alcohol motifs (C(OH)–C–C–N with tert-alkyl or cyclic N) is 1. The number of aromatic nitrogens is 3. The number of ether oxygens (including phenoxy) is 1. The lowest BCUT2D eigenvalue weighted by Gasteiger charge is -2.47. The van der Waals surface area contributed by atoms with Gasteiger partial charge in [0.1, 0.15) is 5.69 Å². The van der Waals surface area contributed by atoms with Gasteiger partial charge in [0.2, 0.25) is 11.8 Å². The first-order valence-corrected chi connectivity index (χ1v) is 16.0. The molecule has 2 amide bonds.